The fourth-order valence-electron chi connectivity index (χ4n) is 2.30. The van der Waals surface area contributed by atoms with Gasteiger partial charge in [-0.15, -0.1) is 0 Å². The smallest absolute Gasteiger partial charge is 0.254 e. The molecule has 114 valence electrons. The van der Waals surface area contributed by atoms with Crippen LogP contribution >= 0.6 is 39.1 Å². The van der Waals surface area contributed by atoms with Crippen molar-refractivity contribution in [1.29, 1.82) is 0 Å². The van der Waals surface area contributed by atoms with Gasteiger partial charge in [-0.2, -0.15) is 0 Å². The monoisotopic (exact) mass is 392 g/mol. The lowest BCUT2D eigenvalue weighted by Crippen LogP contribution is -2.47. The number of alkyl halides is 2. The fourth-order valence-corrected chi connectivity index (χ4v) is 2.88. The van der Waals surface area contributed by atoms with E-state index in [0.29, 0.717) is 31.5 Å². The molecule has 1 saturated heterocycles. The molecule has 0 aromatic heterocycles. The molecular formula is C14H15BrCl2N2O2. The summed E-state index contributed by atoms with van der Waals surface area (Å²) in [7, 11) is 0. The Balaban J connectivity index is 1.91. The summed E-state index contributed by atoms with van der Waals surface area (Å²) in [5.41, 5.74) is 0.654. The molecule has 0 bridgehead atoms. The number of piperidine rings is 1. The van der Waals surface area contributed by atoms with E-state index in [2.05, 4.69) is 21.2 Å². The first-order valence-corrected chi connectivity index (χ1v) is 8.28. The van der Waals surface area contributed by atoms with Crippen molar-refractivity contribution in [3.05, 3.63) is 34.3 Å². The van der Waals surface area contributed by atoms with E-state index in [1.807, 2.05) is 18.2 Å². The Labute approximate surface area is 141 Å². The lowest BCUT2D eigenvalue weighted by atomic mass is 10.0. The number of benzene rings is 1. The van der Waals surface area contributed by atoms with Crippen molar-refractivity contribution in [2.24, 2.45) is 0 Å². The van der Waals surface area contributed by atoms with Crippen LogP contribution in [0.4, 0.5) is 0 Å². The minimum absolute atomic E-state index is 0.000171. The number of carbonyl (C=O) groups excluding carboxylic acids is 2. The normalized spacial score (nSPS) is 16.1. The van der Waals surface area contributed by atoms with E-state index in [4.69, 9.17) is 23.2 Å². The summed E-state index contributed by atoms with van der Waals surface area (Å²) in [6.07, 6.45) is 1.39. The Bertz CT molecular complexity index is 531. The summed E-state index contributed by atoms with van der Waals surface area (Å²) in [5, 5.41) is 2.78. The van der Waals surface area contributed by atoms with Crippen LogP contribution in [-0.4, -0.2) is 40.7 Å². The predicted molar refractivity (Wildman–Crippen MR) is 86.7 cm³/mol. The number of likely N-dealkylation sites (tertiary alicyclic amines) is 1. The summed E-state index contributed by atoms with van der Waals surface area (Å²) in [4.78, 5) is 24.6. The topological polar surface area (TPSA) is 49.4 Å². The lowest BCUT2D eigenvalue weighted by Gasteiger charge is -2.32. The van der Waals surface area contributed by atoms with Gasteiger partial charge in [-0.3, -0.25) is 9.59 Å². The highest BCUT2D eigenvalue weighted by atomic mass is 79.9. The minimum atomic E-state index is -1.05. The van der Waals surface area contributed by atoms with Gasteiger partial charge in [0.15, 0.2) is 4.84 Å². The molecular weight excluding hydrogens is 379 g/mol. The van der Waals surface area contributed by atoms with Crippen molar-refractivity contribution in [1.82, 2.24) is 10.2 Å². The van der Waals surface area contributed by atoms with Crippen LogP contribution in [0.2, 0.25) is 0 Å². The second kappa shape index (κ2) is 7.47. The maximum atomic E-state index is 12.4. The Morgan fingerprint density at radius 3 is 2.43 bits per heavy atom. The Hall–Kier alpha value is -0.780. The van der Waals surface area contributed by atoms with Gasteiger partial charge >= 0.3 is 0 Å². The van der Waals surface area contributed by atoms with E-state index in [1.54, 1.807) is 11.0 Å². The minimum Gasteiger partial charge on any atom is -0.351 e. The number of halogens is 3. The van der Waals surface area contributed by atoms with Crippen molar-refractivity contribution in [3.8, 4) is 0 Å². The molecule has 1 fully saturated rings. The van der Waals surface area contributed by atoms with Crippen LogP contribution in [-0.2, 0) is 4.79 Å². The second-order valence-electron chi connectivity index (χ2n) is 4.86. The first kappa shape index (κ1) is 16.6. The number of hydrogen-bond donors (Lipinski definition) is 1. The number of rotatable bonds is 3. The van der Waals surface area contributed by atoms with E-state index in [0.717, 1.165) is 4.47 Å². The Kier molecular flexibility index (Phi) is 5.90. The first-order valence-electron chi connectivity index (χ1n) is 6.61. The van der Waals surface area contributed by atoms with Gasteiger partial charge in [-0.1, -0.05) is 35.3 Å². The molecule has 0 unspecified atom stereocenters. The summed E-state index contributed by atoms with van der Waals surface area (Å²) in [6, 6.07) is 7.37. The summed E-state index contributed by atoms with van der Waals surface area (Å²) < 4.78 is 0.789. The molecule has 21 heavy (non-hydrogen) atoms. The van der Waals surface area contributed by atoms with E-state index >= 15 is 0 Å². The number of nitrogens with zero attached hydrogens (tertiary/aromatic N) is 1. The largest absolute Gasteiger partial charge is 0.351 e. The van der Waals surface area contributed by atoms with Gasteiger partial charge in [-0.25, -0.2) is 0 Å². The van der Waals surface area contributed by atoms with Gasteiger partial charge in [0.25, 0.3) is 11.8 Å². The van der Waals surface area contributed by atoms with Crippen LogP contribution in [0.3, 0.4) is 0 Å². The predicted octanol–water partition coefficient (Wildman–Crippen LogP) is 2.97. The summed E-state index contributed by atoms with van der Waals surface area (Å²) >= 11 is 14.4. The van der Waals surface area contributed by atoms with Crippen LogP contribution in [0, 0.1) is 0 Å². The van der Waals surface area contributed by atoms with Crippen LogP contribution < -0.4 is 5.32 Å². The van der Waals surface area contributed by atoms with E-state index in [-0.39, 0.29) is 17.9 Å². The van der Waals surface area contributed by atoms with Crippen LogP contribution in [0.1, 0.15) is 23.2 Å². The molecule has 1 heterocycles. The lowest BCUT2D eigenvalue weighted by molar-refractivity contribution is -0.120. The molecule has 1 aliphatic heterocycles. The molecule has 0 radical (unpaired) electrons. The molecule has 0 atom stereocenters. The average molecular weight is 394 g/mol. The highest BCUT2D eigenvalue weighted by molar-refractivity contribution is 9.10. The van der Waals surface area contributed by atoms with Crippen LogP contribution in [0.25, 0.3) is 0 Å². The molecule has 0 saturated carbocycles. The Morgan fingerprint density at radius 1 is 1.24 bits per heavy atom. The molecule has 0 spiro atoms. The maximum absolute atomic E-state index is 12.4. The molecule has 1 aromatic carbocycles. The highest BCUT2D eigenvalue weighted by Crippen LogP contribution is 2.20. The van der Waals surface area contributed by atoms with Crippen molar-refractivity contribution in [2.45, 2.75) is 23.7 Å². The van der Waals surface area contributed by atoms with Gasteiger partial charge in [-0.05, 0) is 40.9 Å². The van der Waals surface area contributed by atoms with E-state index < -0.39 is 4.84 Å². The zero-order valence-corrected chi connectivity index (χ0v) is 14.3. The molecule has 1 N–H and O–H groups in total. The first-order chi connectivity index (χ1) is 9.99. The van der Waals surface area contributed by atoms with Gasteiger partial charge in [0.1, 0.15) is 0 Å². The van der Waals surface area contributed by atoms with Gasteiger partial charge in [0.05, 0.1) is 5.56 Å². The van der Waals surface area contributed by atoms with Gasteiger partial charge in [0.2, 0.25) is 0 Å². The third kappa shape index (κ3) is 4.34. The van der Waals surface area contributed by atoms with Crippen molar-refractivity contribution >= 4 is 50.9 Å². The third-order valence-corrected chi connectivity index (χ3v) is 4.52. The number of amides is 2. The SMILES string of the molecule is O=C(NC1CCN(C(=O)c2ccccc2Br)CC1)C(Cl)Cl. The average Bonchev–Trinajstić information content (AvgIpc) is 2.47. The second-order valence-corrected chi connectivity index (χ2v) is 6.81. The Morgan fingerprint density at radius 2 is 1.86 bits per heavy atom. The maximum Gasteiger partial charge on any atom is 0.254 e. The third-order valence-electron chi connectivity index (χ3n) is 3.43. The zero-order chi connectivity index (χ0) is 15.4. The van der Waals surface area contributed by atoms with Crippen molar-refractivity contribution < 1.29 is 9.59 Å². The molecule has 0 aliphatic carbocycles. The zero-order valence-electron chi connectivity index (χ0n) is 11.2. The molecule has 2 amide bonds. The fraction of sp³-hybridized carbons (Fsp3) is 0.429. The molecule has 1 aromatic rings. The highest BCUT2D eigenvalue weighted by Gasteiger charge is 2.26. The summed E-state index contributed by atoms with van der Waals surface area (Å²) in [5.74, 6) is -0.381. The number of carbonyl (C=O) groups is 2. The van der Waals surface area contributed by atoms with Crippen LogP contribution in [0.15, 0.2) is 28.7 Å². The standard InChI is InChI=1S/C14H15BrCl2N2O2/c15-11-4-2-1-3-10(11)14(21)19-7-5-9(6-8-19)18-13(20)12(16)17/h1-4,9,12H,5-8H2,(H,18,20). The van der Waals surface area contributed by atoms with E-state index in [1.165, 1.54) is 0 Å². The summed E-state index contributed by atoms with van der Waals surface area (Å²) in [6.45, 7) is 1.20. The molecule has 1 aliphatic rings. The quantitative estimate of drug-likeness (QED) is 0.802. The van der Waals surface area contributed by atoms with Crippen molar-refractivity contribution in [3.63, 3.8) is 0 Å². The molecule has 4 nitrogen and oxygen atoms in total. The number of hydrogen-bond acceptors (Lipinski definition) is 2. The van der Waals surface area contributed by atoms with Gasteiger partial charge in [0, 0.05) is 23.6 Å². The number of nitrogens with one attached hydrogen (secondary N) is 1. The van der Waals surface area contributed by atoms with E-state index in [9.17, 15) is 9.59 Å². The van der Waals surface area contributed by atoms with Crippen molar-refractivity contribution in [2.75, 3.05) is 13.1 Å². The van der Waals surface area contributed by atoms with Crippen LogP contribution in [0.5, 0.6) is 0 Å². The molecule has 2 rings (SSSR count). The molecule has 7 heteroatoms. The van der Waals surface area contributed by atoms with Gasteiger partial charge < -0.3 is 10.2 Å².